The third-order valence-electron chi connectivity index (χ3n) is 3.00. The summed E-state index contributed by atoms with van der Waals surface area (Å²) in [4.78, 5) is 11.5. The molecule has 0 amide bonds. The highest BCUT2D eigenvalue weighted by Gasteiger charge is 2.18. The molecule has 0 bridgehead atoms. The maximum absolute atomic E-state index is 11.5. The van der Waals surface area contributed by atoms with Gasteiger partial charge in [0, 0.05) is 6.04 Å². The van der Waals surface area contributed by atoms with Gasteiger partial charge in [0.25, 0.3) is 0 Å². The van der Waals surface area contributed by atoms with Crippen molar-refractivity contribution in [2.24, 2.45) is 5.92 Å². The third kappa shape index (κ3) is 6.11. The Morgan fingerprint density at radius 1 is 1.19 bits per heavy atom. The fourth-order valence-electron chi connectivity index (χ4n) is 1.69. The second kappa shape index (κ2) is 8.57. The predicted molar refractivity (Wildman–Crippen MR) is 67.4 cm³/mol. The zero-order valence-corrected chi connectivity index (χ0v) is 11.4. The Labute approximate surface area is 99.9 Å². The van der Waals surface area contributed by atoms with E-state index in [1.54, 1.807) is 0 Å². The summed E-state index contributed by atoms with van der Waals surface area (Å²) in [5, 5.41) is 3.34. The van der Waals surface area contributed by atoms with E-state index in [1.165, 1.54) is 6.42 Å². The lowest BCUT2D eigenvalue weighted by Crippen LogP contribution is -2.42. The average molecular weight is 229 g/mol. The normalized spacial score (nSPS) is 16.6. The van der Waals surface area contributed by atoms with Crippen molar-refractivity contribution < 1.29 is 9.53 Å². The van der Waals surface area contributed by atoms with Gasteiger partial charge in [-0.15, -0.1) is 0 Å². The Morgan fingerprint density at radius 2 is 1.81 bits per heavy atom. The average Bonchev–Trinajstić information content (AvgIpc) is 2.27. The van der Waals surface area contributed by atoms with Crippen LogP contribution in [0, 0.1) is 5.92 Å². The van der Waals surface area contributed by atoms with Crippen molar-refractivity contribution in [2.45, 2.75) is 66.0 Å². The molecule has 0 aromatic rings. The molecule has 0 spiro atoms. The van der Waals surface area contributed by atoms with E-state index in [2.05, 4.69) is 26.1 Å². The topological polar surface area (TPSA) is 38.3 Å². The number of rotatable bonds is 8. The second-order valence-electron chi connectivity index (χ2n) is 4.49. The molecule has 3 atom stereocenters. The van der Waals surface area contributed by atoms with Crippen molar-refractivity contribution in [1.82, 2.24) is 5.32 Å². The van der Waals surface area contributed by atoms with Gasteiger partial charge in [-0.1, -0.05) is 27.2 Å². The molecule has 0 fully saturated rings. The lowest BCUT2D eigenvalue weighted by Gasteiger charge is -2.23. The minimum atomic E-state index is -0.200. The van der Waals surface area contributed by atoms with Gasteiger partial charge in [-0.05, 0) is 32.6 Å². The summed E-state index contributed by atoms with van der Waals surface area (Å²) in [6.45, 7) is 10.8. The van der Waals surface area contributed by atoms with Crippen molar-refractivity contribution in [1.29, 1.82) is 0 Å². The first-order valence-electron chi connectivity index (χ1n) is 6.47. The van der Waals surface area contributed by atoms with E-state index in [-0.39, 0.29) is 12.0 Å². The number of hydrogen-bond acceptors (Lipinski definition) is 3. The molecule has 0 aliphatic rings. The molecule has 0 rings (SSSR count). The minimum Gasteiger partial charge on any atom is -0.465 e. The minimum absolute atomic E-state index is 0.148. The molecule has 0 saturated carbocycles. The monoisotopic (exact) mass is 229 g/mol. The van der Waals surface area contributed by atoms with Gasteiger partial charge in [0.1, 0.15) is 6.04 Å². The summed E-state index contributed by atoms with van der Waals surface area (Å²) in [6.07, 6.45) is 3.36. The van der Waals surface area contributed by atoms with Crippen molar-refractivity contribution in [3.63, 3.8) is 0 Å². The standard InChI is InChI=1S/C13H27NO2/c1-6-10(4)9-12(7-2)14-11(5)13(15)16-8-3/h10-12,14H,6-9H2,1-5H3. The summed E-state index contributed by atoms with van der Waals surface area (Å²) in [5.74, 6) is 0.553. The molecule has 3 heteroatoms. The Hall–Kier alpha value is -0.570. The first-order chi connectivity index (χ1) is 7.54. The first kappa shape index (κ1) is 15.4. The van der Waals surface area contributed by atoms with Crippen LogP contribution in [0.2, 0.25) is 0 Å². The van der Waals surface area contributed by atoms with E-state index in [1.807, 2.05) is 13.8 Å². The summed E-state index contributed by atoms with van der Waals surface area (Å²) < 4.78 is 4.98. The number of hydrogen-bond donors (Lipinski definition) is 1. The molecule has 0 aromatic carbocycles. The lowest BCUT2D eigenvalue weighted by molar-refractivity contribution is -0.145. The number of ether oxygens (including phenoxy) is 1. The van der Waals surface area contributed by atoms with E-state index in [0.717, 1.165) is 12.8 Å². The molecule has 16 heavy (non-hydrogen) atoms. The van der Waals surface area contributed by atoms with Crippen LogP contribution in [0.15, 0.2) is 0 Å². The molecule has 0 aromatic heterocycles. The van der Waals surface area contributed by atoms with Gasteiger partial charge >= 0.3 is 5.97 Å². The van der Waals surface area contributed by atoms with E-state index < -0.39 is 0 Å². The van der Waals surface area contributed by atoms with Crippen LogP contribution in [-0.4, -0.2) is 24.7 Å². The Bertz CT molecular complexity index is 194. The second-order valence-corrected chi connectivity index (χ2v) is 4.49. The van der Waals surface area contributed by atoms with E-state index in [9.17, 15) is 4.79 Å². The van der Waals surface area contributed by atoms with Crippen LogP contribution >= 0.6 is 0 Å². The van der Waals surface area contributed by atoms with Crippen LogP contribution in [0.3, 0.4) is 0 Å². The summed E-state index contributed by atoms with van der Waals surface area (Å²) in [7, 11) is 0. The molecule has 1 N–H and O–H groups in total. The zero-order chi connectivity index (χ0) is 12.6. The van der Waals surface area contributed by atoms with Crippen molar-refractivity contribution in [3.8, 4) is 0 Å². The predicted octanol–water partition coefficient (Wildman–Crippen LogP) is 2.74. The highest BCUT2D eigenvalue weighted by molar-refractivity contribution is 5.75. The summed E-state index contributed by atoms with van der Waals surface area (Å²) in [6, 6.07) is 0.211. The molecule has 0 saturated heterocycles. The van der Waals surface area contributed by atoms with Crippen molar-refractivity contribution in [3.05, 3.63) is 0 Å². The van der Waals surface area contributed by atoms with Crippen molar-refractivity contribution in [2.75, 3.05) is 6.61 Å². The highest BCUT2D eigenvalue weighted by Crippen LogP contribution is 2.12. The SMILES string of the molecule is CCOC(=O)C(C)NC(CC)CC(C)CC. The number of nitrogens with one attached hydrogen (secondary N) is 1. The van der Waals surface area contributed by atoms with Crippen molar-refractivity contribution >= 4 is 5.97 Å². The van der Waals surface area contributed by atoms with Gasteiger partial charge in [0.05, 0.1) is 6.61 Å². The van der Waals surface area contributed by atoms with E-state index in [4.69, 9.17) is 4.74 Å². The summed E-state index contributed by atoms with van der Waals surface area (Å²) in [5.41, 5.74) is 0. The third-order valence-corrected chi connectivity index (χ3v) is 3.00. The van der Waals surface area contributed by atoms with Gasteiger partial charge in [-0.2, -0.15) is 0 Å². The van der Waals surface area contributed by atoms with Crippen LogP contribution in [0.5, 0.6) is 0 Å². The smallest absolute Gasteiger partial charge is 0.322 e. The maximum Gasteiger partial charge on any atom is 0.322 e. The molecule has 0 radical (unpaired) electrons. The van der Waals surface area contributed by atoms with E-state index in [0.29, 0.717) is 18.6 Å². The van der Waals surface area contributed by atoms with E-state index >= 15 is 0 Å². The number of esters is 1. The highest BCUT2D eigenvalue weighted by atomic mass is 16.5. The number of carbonyl (C=O) groups is 1. The van der Waals surface area contributed by atoms with Gasteiger partial charge in [0.15, 0.2) is 0 Å². The van der Waals surface area contributed by atoms with Gasteiger partial charge in [-0.3, -0.25) is 4.79 Å². The molecule has 0 aliphatic carbocycles. The van der Waals surface area contributed by atoms with Crippen LogP contribution in [0.1, 0.15) is 53.9 Å². The van der Waals surface area contributed by atoms with Gasteiger partial charge in [-0.25, -0.2) is 0 Å². The molecular weight excluding hydrogens is 202 g/mol. The maximum atomic E-state index is 11.5. The van der Waals surface area contributed by atoms with Crippen LogP contribution in [0.4, 0.5) is 0 Å². The quantitative estimate of drug-likeness (QED) is 0.650. The fraction of sp³-hybridized carbons (Fsp3) is 0.923. The Morgan fingerprint density at radius 3 is 2.25 bits per heavy atom. The largest absolute Gasteiger partial charge is 0.465 e. The number of carbonyl (C=O) groups excluding carboxylic acids is 1. The summed E-state index contributed by atoms with van der Waals surface area (Å²) >= 11 is 0. The van der Waals surface area contributed by atoms with Crippen LogP contribution in [-0.2, 0) is 9.53 Å². The molecule has 3 unspecified atom stereocenters. The molecular formula is C13H27NO2. The molecule has 96 valence electrons. The Kier molecular flexibility index (Phi) is 8.26. The van der Waals surface area contributed by atoms with Crippen LogP contribution in [0.25, 0.3) is 0 Å². The van der Waals surface area contributed by atoms with Gasteiger partial charge in [0.2, 0.25) is 0 Å². The Balaban J connectivity index is 4.05. The fourth-order valence-corrected chi connectivity index (χ4v) is 1.69. The first-order valence-corrected chi connectivity index (χ1v) is 6.47. The zero-order valence-electron chi connectivity index (χ0n) is 11.4. The lowest BCUT2D eigenvalue weighted by atomic mass is 9.97. The van der Waals surface area contributed by atoms with Gasteiger partial charge < -0.3 is 10.1 Å². The molecule has 0 heterocycles. The van der Waals surface area contributed by atoms with Crippen LogP contribution < -0.4 is 5.32 Å². The molecule has 0 aliphatic heterocycles. The molecule has 3 nitrogen and oxygen atoms in total.